The fourth-order valence-electron chi connectivity index (χ4n) is 0.937. The van der Waals surface area contributed by atoms with Gasteiger partial charge in [-0.1, -0.05) is 11.6 Å². The van der Waals surface area contributed by atoms with Crippen LogP contribution in [0.1, 0.15) is 10.4 Å². The fourth-order valence-corrected chi connectivity index (χ4v) is 1.13. The highest BCUT2D eigenvalue weighted by atomic mass is 35.5. The highest BCUT2D eigenvalue weighted by molar-refractivity contribution is 6.32. The van der Waals surface area contributed by atoms with Gasteiger partial charge in [0, 0.05) is 12.7 Å². The first-order valence-electron chi connectivity index (χ1n) is 4.53. The number of aromatic nitrogens is 1. The van der Waals surface area contributed by atoms with Gasteiger partial charge in [-0.3, -0.25) is 0 Å². The molecular weight excluding hydrogens is 216 g/mol. The summed E-state index contributed by atoms with van der Waals surface area (Å²) in [7, 11) is 3.82. The number of halogens is 1. The molecule has 0 aliphatic rings. The van der Waals surface area contributed by atoms with Gasteiger partial charge in [0.2, 0.25) is 0 Å². The Morgan fingerprint density at radius 3 is 2.93 bits per heavy atom. The molecule has 0 radical (unpaired) electrons. The number of pyridine rings is 1. The minimum Gasteiger partial charge on any atom is -0.461 e. The molecule has 0 bridgehead atoms. The lowest BCUT2D eigenvalue weighted by atomic mass is 10.3. The third-order valence-electron chi connectivity index (χ3n) is 1.75. The van der Waals surface area contributed by atoms with Gasteiger partial charge in [-0.05, 0) is 26.2 Å². The molecule has 1 rings (SSSR count). The second kappa shape index (κ2) is 5.68. The van der Waals surface area contributed by atoms with E-state index in [2.05, 4.69) is 4.98 Å². The molecule has 0 amide bonds. The third kappa shape index (κ3) is 3.85. The number of carbonyl (C=O) groups is 1. The van der Waals surface area contributed by atoms with Gasteiger partial charge in [0.05, 0.1) is 5.56 Å². The lowest BCUT2D eigenvalue weighted by Gasteiger charge is -2.10. The molecule has 0 aromatic carbocycles. The summed E-state index contributed by atoms with van der Waals surface area (Å²) in [5.74, 6) is -0.435. The highest BCUT2D eigenvalue weighted by Crippen LogP contribution is 2.12. The van der Waals surface area contributed by atoms with E-state index in [1.807, 2.05) is 19.0 Å². The maximum atomic E-state index is 11.5. The second-order valence-corrected chi connectivity index (χ2v) is 3.64. The van der Waals surface area contributed by atoms with Crippen LogP contribution < -0.4 is 0 Å². The van der Waals surface area contributed by atoms with Crippen LogP contribution in [0.3, 0.4) is 0 Å². The number of hydrogen-bond donors (Lipinski definition) is 0. The zero-order valence-electron chi connectivity index (χ0n) is 8.74. The summed E-state index contributed by atoms with van der Waals surface area (Å²) in [6, 6.07) is 3.24. The molecule has 0 aliphatic carbocycles. The van der Waals surface area contributed by atoms with Crippen LogP contribution in [-0.2, 0) is 4.74 Å². The summed E-state index contributed by atoms with van der Waals surface area (Å²) >= 11 is 5.74. The van der Waals surface area contributed by atoms with Crippen LogP contribution >= 0.6 is 11.6 Å². The normalized spacial score (nSPS) is 10.4. The van der Waals surface area contributed by atoms with Crippen LogP contribution in [0.2, 0.25) is 5.15 Å². The Labute approximate surface area is 93.8 Å². The quantitative estimate of drug-likeness (QED) is 0.578. The monoisotopic (exact) mass is 228 g/mol. The molecule has 4 nitrogen and oxygen atoms in total. The van der Waals surface area contributed by atoms with Crippen molar-refractivity contribution >= 4 is 17.6 Å². The first kappa shape index (κ1) is 11.9. The molecular formula is C10H13ClN2O2. The number of ether oxygens (including phenoxy) is 1. The van der Waals surface area contributed by atoms with Gasteiger partial charge < -0.3 is 9.64 Å². The fraction of sp³-hybridized carbons (Fsp3) is 0.400. The van der Waals surface area contributed by atoms with Crippen LogP contribution in [0.4, 0.5) is 0 Å². The van der Waals surface area contributed by atoms with Gasteiger partial charge in [0.1, 0.15) is 11.8 Å². The summed E-state index contributed by atoms with van der Waals surface area (Å²) in [6.07, 6.45) is 1.53. The molecule has 82 valence electrons. The molecule has 0 N–H and O–H groups in total. The third-order valence-corrected chi connectivity index (χ3v) is 2.05. The highest BCUT2D eigenvalue weighted by Gasteiger charge is 2.11. The Morgan fingerprint density at radius 1 is 1.60 bits per heavy atom. The van der Waals surface area contributed by atoms with Crippen LogP contribution in [0.5, 0.6) is 0 Å². The van der Waals surface area contributed by atoms with E-state index >= 15 is 0 Å². The SMILES string of the molecule is CN(C)CCOC(=O)c1cccnc1Cl. The molecule has 0 spiro atoms. The topological polar surface area (TPSA) is 42.4 Å². The minimum atomic E-state index is -0.435. The molecule has 0 aliphatic heterocycles. The molecule has 1 heterocycles. The van der Waals surface area contributed by atoms with E-state index in [0.717, 1.165) is 0 Å². The molecule has 0 saturated heterocycles. The molecule has 15 heavy (non-hydrogen) atoms. The van der Waals surface area contributed by atoms with E-state index in [1.54, 1.807) is 12.1 Å². The van der Waals surface area contributed by atoms with Crippen molar-refractivity contribution in [3.63, 3.8) is 0 Å². The van der Waals surface area contributed by atoms with Gasteiger partial charge >= 0.3 is 5.97 Å². The molecule has 1 aromatic heterocycles. The van der Waals surface area contributed by atoms with Crippen molar-refractivity contribution in [2.75, 3.05) is 27.2 Å². The van der Waals surface area contributed by atoms with Gasteiger partial charge in [0.15, 0.2) is 0 Å². The molecule has 1 aromatic rings. The number of rotatable bonds is 4. The molecule has 5 heteroatoms. The zero-order chi connectivity index (χ0) is 11.3. The number of nitrogens with zero attached hydrogens (tertiary/aromatic N) is 2. The zero-order valence-corrected chi connectivity index (χ0v) is 9.49. The smallest absolute Gasteiger partial charge is 0.341 e. The first-order valence-corrected chi connectivity index (χ1v) is 4.91. The Balaban J connectivity index is 2.51. The summed E-state index contributed by atoms with van der Waals surface area (Å²) in [6.45, 7) is 1.03. The van der Waals surface area contributed by atoms with Crippen LogP contribution in [-0.4, -0.2) is 43.1 Å². The second-order valence-electron chi connectivity index (χ2n) is 3.28. The number of esters is 1. The number of hydrogen-bond acceptors (Lipinski definition) is 4. The van der Waals surface area contributed by atoms with Crippen LogP contribution in [0.25, 0.3) is 0 Å². The maximum Gasteiger partial charge on any atom is 0.341 e. The van der Waals surface area contributed by atoms with Crippen LogP contribution in [0.15, 0.2) is 18.3 Å². The Morgan fingerprint density at radius 2 is 2.33 bits per heavy atom. The lowest BCUT2D eigenvalue weighted by Crippen LogP contribution is -2.20. The average Bonchev–Trinajstić information content (AvgIpc) is 2.17. The average molecular weight is 229 g/mol. The van der Waals surface area contributed by atoms with E-state index < -0.39 is 5.97 Å². The van der Waals surface area contributed by atoms with E-state index in [9.17, 15) is 4.79 Å². The van der Waals surface area contributed by atoms with Gasteiger partial charge in [-0.25, -0.2) is 9.78 Å². The Kier molecular flexibility index (Phi) is 4.52. The van der Waals surface area contributed by atoms with Crippen molar-refractivity contribution in [3.8, 4) is 0 Å². The van der Waals surface area contributed by atoms with Crippen molar-refractivity contribution < 1.29 is 9.53 Å². The van der Waals surface area contributed by atoms with E-state index in [4.69, 9.17) is 16.3 Å². The number of carbonyl (C=O) groups excluding carboxylic acids is 1. The van der Waals surface area contributed by atoms with E-state index in [0.29, 0.717) is 18.7 Å². The van der Waals surface area contributed by atoms with Crippen molar-refractivity contribution in [2.45, 2.75) is 0 Å². The molecule has 0 saturated carbocycles. The summed E-state index contributed by atoms with van der Waals surface area (Å²) in [5, 5.41) is 0.173. The van der Waals surface area contributed by atoms with Crippen LogP contribution in [0, 0.1) is 0 Å². The van der Waals surface area contributed by atoms with Gasteiger partial charge in [0.25, 0.3) is 0 Å². The molecule has 0 fully saturated rings. The van der Waals surface area contributed by atoms with Gasteiger partial charge in [-0.2, -0.15) is 0 Å². The summed E-state index contributed by atoms with van der Waals surface area (Å²) in [5.41, 5.74) is 0.304. The first-order chi connectivity index (χ1) is 7.11. The van der Waals surface area contributed by atoms with E-state index in [1.165, 1.54) is 6.20 Å². The van der Waals surface area contributed by atoms with Gasteiger partial charge in [-0.15, -0.1) is 0 Å². The Hall–Kier alpha value is -1.13. The molecule has 0 unspecified atom stereocenters. The standard InChI is InChI=1S/C10H13ClN2O2/c1-13(2)6-7-15-10(14)8-4-3-5-12-9(8)11/h3-5H,6-7H2,1-2H3. The lowest BCUT2D eigenvalue weighted by molar-refractivity contribution is 0.0481. The summed E-state index contributed by atoms with van der Waals surface area (Å²) < 4.78 is 5.01. The van der Waals surface area contributed by atoms with Crippen molar-refractivity contribution in [1.82, 2.24) is 9.88 Å². The maximum absolute atomic E-state index is 11.5. The van der Waals surface area contributed by atoms with Crippen molar-refractivity contribution in [2.24, 2.45) is 0 Å². The Bertz CT molecular complexity index is 342. The molecule has 0 atom stereocenters. The van der Waals surface area contributed by atoms with Crippen molar-refractivity contribution in [3.05, 3.63) is 29.0 Å². The predicted molar refractivity (Wildman–Crippen MR) is 58.1 cm³/mol. The van der Waals surface area contributed by atoms with E-state index in [-0.39, 0.29) is 5.15 Å². The minimum absolute atomic E-state index is 0.173. The number of likely N-dealkylation sites (N-methyl/N-ethyl adjacent to an activating group) is 1. The van der Waals surface area contributed by atoms with Crippen molar-refractivity contribution in [1.29, 1.82) is 0 Å². The predicted octanol–water partition coefficient (Wildman–Crippen LogP) is 1.45. The summed E-state index contributed by atoms with van der Waals surface area (Å²) in [4.78, 5) is 17.2. The largest absolute Gasteiger partial charge is 0.461 e.